The third-order valence-corrected chi connectivity index (χ3v) is 4.99. The van der Waals surface area contributed by atoms with Crippen LogP contribution in [0.2, 0.25) is 0 Å². The van der Waals surface area contributed by atoms with Gasteiger partial charge < -0.3 is 5.32 Å². The Labute approximate surface area is 124 Å². The maximum absolute atomic E-state index is 12.1. The summed E-state index contributed by atoms with van der Waals surface area (Å²) in [5.41, 5.74) is 2.06. The van der Waals surface area contributed by atoms with Crippen LogP contribution < -0.4 is 5.32 Å². The summed E-state index contributed by atoms with van der Waals surface area (Å²) >= 11 is 0. The number of rotatable bonds is 4. The molecular formula is C16H17NO3S. The van der Waals surface area contributed by atoms with Crippen molar-refractivity contribution in [2.75, 3.05) is 11.1 Å². The number of hydrogen-bond donors (Lipinski definition) is 1. The first-order valence-corrected chi connectivity index (χ1v) is 8.29. The van der Waals surface area contributed by atoms with E-state index in [0.29, 0.717) is 11.3 Å². The van der Waals surface area contributed by atoms with Gasteiger partial charge in [-0.2, -0.15) is 0 Å². The first-order valence-electron chi connectivity index (χ1n) is 6.64. The van der Waals surface area contributed by atoms with Crippen molar-refractivity contribution in [1.82, 2.24) is 0 Å². The maximum Gasteiger partial charge on any atom is 0.255 e. The number of anilines is 1. The number of aryl methyl sites for hydroxylation is 1. The van der Waals surface area contributed by atoms with Crippen LogP contribution in [0.4, 0.5) is 5.69 Å². The van der Waals surface area contributed by atoms with E-state index >= 15 is 0 Å². The van der Waals surface area contributed by atoms with E-state index in [-0.39, 0.29) is 16.6 Å². The highest BCUT2D eigenvalue weighted by atomic mass is 32.2. The van der Waals surface area contributed by atoms with Gasteiger partial charge in [0, 0.05) is 11.3 Å². The monoisotopic (exact) mass is 303 g/mol. The largest absolute Gasteiger partial charge is 0.322 e. The lowest BCUT2D eigenvalue weighted by atomic mass is 10.1. The molecule has 2 rings (SSSR count). The summed E-state index contributed by atoms with van der Waals surface area (Å²) in [5.74, 6) is -0.152. The molecule has 0 radical (unpaired) electrons. The van der Waals surface area contributed by atoms with Crippen molar-refractivity contribution in [3.05, 3.63) is 59.7 Å². The minimum atomic E-state index is -3.22. The van der Waals surface area contributed by atoms with Crippen molar-refractivity contribution in [3.8, 4) is 0 Å². The van der Waals surface area contributed by atoms with E-state index in [2.05, 4.69) is 5.32 Å². The second-order valence-electron chi connectivity index (χ2n) is 4.70. The third kappa shape index (κ3) is 3.49. The van der Waals surface area contributed by atoms with Gasteiger partial charge in [-0.15, -0.1) is 0 Å². The van der Waals surface area contributed by atoms with Crippen LogP contribution in [0.5, 0.6) is 0 Å². The first kappa shape index (κ1) is 15.3. The van der Waals surface area contributed by atoms with Gasteiger partial charge in [-0.3, -0.25) is 4.79 Å². The molecule has 0 spiro atoms. The van der Waals surface area contributed by atoms with Crippen LogP contribution in [-0.4, -0.2) is 20.1 Å². The number of hydrogen-bond acceptors (Lipinski definition) is 3. The molecule has 5 heteroatoms. The minimum Gasteiger partial charge on any atom is -0.322 e. The molecule has 4 nitrogen and oxygen atoms in total. The maximum atomic E-state index is 12.1. The molecule has 0 fully saturated rings. The van der Waals surface area contributed by atoms with Gasteiger partial charge in [0.1, 0.15) is 0 Å². The van der Waals surface area contributed by atoms with Crippen molar-refractivity contribution >= 4 is 21.4 Å². The molecule has 0 heterocycles. The zero-order valence-corrected chi connectivity index (χ0v) is 12.8. The molecule has 1 N–H and O–H groups in total. The Hall–Kier alpha value is -2.14. The summed E-state index contributed by atoms with van der Waals surface area (Å²) in [6, 6.07) is 13.5. The number of amides is 1. The average Bonchev–Trinajstić information content (AvgIpc) is 2.48. The van der Waals surface area contributed by atoms with Crippen LogP contribution >= 0.6 is 0 Å². The topological polar surface area (TPSA) is 63.2 Å². The number of carbonyl (C=O) groups is 1. The van der Waals surface area contributed by atoms with Crippen molar-refractivity contribution in [2.24, 2.45) is 0 Å². The predicted molar refractivity (Wildman–Crippen MR) is 83.3 cm³/mol. The Kier molecular flexibility index (Phi) is 4.43. The number of sulfone groups is 1. The molecule has 0 aliphatic carbocycles. The van der Waals surface area contributed by atoms with Crippen LogP contribution in [-0.2, 0) is 9.84 Å². The first-order chi connectivity index (χ1) is 9.94. The minimum absolute atomic E-state index is 0.0575. The Morgan fingerprint density at radius 2 is 1.67 bits per heavy atom. The summed E-state index contributed by atoms with van der Waals surface area (Å²) in [5, 5.41) is 2.76. The van der Waals surface area contributed by atoms with Crippen molar-refractivity contribution in [3.63, 3.8) is 0 Å². The second kappa shape index (κ2) is 6.10. The van der Waals surface area contributed by atoms with E-state index in [9.17, 15) is 13.2 Å². The van der Waals surface area contributed by atoms with Crippen molar-refractivity contribution in [2.45, 2.75) is 18.7 Å². The van der Waals surface area contributed by atoms with Crippen LogP contribution in [0.15, 0.2) is 53.4 Å². The number of nitrogens with one attached hydrogen (secondary N) is 1. The van der Waals surface area contributed by atoms with Crippen LogP contribution in [0.25, 0.3) is 0 Å². The molecule has 110 valence electrons. The number of benzene rings is 2. The van der Waals surface area contributed by atoms with Crippen LogP contribution in [0.1, 0.15) is 22.8 Å². The zero-order chi connectivity index (χ0) is 15.5. The molecule has 2 aromatic rings. The average molecular weight is 303 g/mol. The quantitative estimate of drug-likeness (QED) is 0.944. The molecule has 0 saturated heterocycles. The second-order valence-corrected chi connectivity index (χ2v) is 6.98. The zero-order valence-electron chi connectivity index (χ0n) is 12.0. The molecular weight excluding hydrogens is 286 g/mol. The third-order valence-electron chi connectivity index (χ3n) is 3.24. The smallest absolute Gasteiger partial charge is 0.255 e. The molecule has 21 heavy (non-hydrogen) atoms. The Morgan fingerprint density at radius 1 is 1.05 bits per heavy atom. The number of carbonyl (C=O) groups excluding carboxylic acids is 1. The highest BCUT2D eigenvalue weighted by Crippen LogP contribution is 2.17. The summed E-state index contributed by atoms with van der Waals surface area (Å²) < 4.78 is 23.4. The lowest BCUT2D eigenvalue weighted by molar-refractivity contribution is 0.102. The lowest BCUT2D eigenvalue weighted by Crippen LogP contribution is -2.13. The Balaban J connectivity index is 2.18. The standard InChI is InChI=1S/C16H17NO3S/c1-3-21(19,20)14-10-8-13(9-11-14)17-16(18)15-7-5-4-6-12(15)2/h4-11H,3H2,1-2H3,(H,17,18). The van der Waals surface area contributed by atoms with Crippen LogP contribution in [0, 0.1) is 6.92 Å². The fourth-order valence-corrected chi connectivity index (χ4v) is 2.82. The van der Waals surface area contributed by atoms with Crippen molar-refractivity contribution in [1.29, 1.82) is 0 Å². The molecule has 1 amide bonds. The van der Waals surface area contributed by atoms with E-state index < -0.39 is 9.84 Å². The van der Waals surface area contributed by atoms with E-state index in [0.717, 1.165) is 5.56 Å². The molecule has 0 unspecified atom stereocenters. The fourth-order valence-electron chi connectivity index (χ4n) is 1.94. The SMILES string of the molecule is CCS(=O)(=O)c1ccc(NC(=O)c2ccccc2C)cc1. The molecule has 0 aliphatic rings. The molecule has 0 aliphatic heterocycles. The highest BCUT2D eigenvalue weighted by Gasteiger charge is 2.12. The van der Waals surface area contributed by atoms with E-state index in [4.69, 9.17) is 0 Å². The summed E-state index contributed by atoms with van der Waals surface area (Å²) in [6.45, 7) is 3.47. The van der Waals surface area contributed by atoms with E-state index in [1.54, 1.807) is 31.2 Å². The van der Waals surface area contributed by atoms with Gasteiger partial charge in [0.05, 0.1) is 10.6 Å². The van der Waals surface area contributed by atoms with Gasteiger partial charge in [0.2, 0.25) is 0 Å². The summed E-state index contributed by atoms with van der Waals surface area (Å²) in [4.78, 5) is 12.4. The molecule has 0 saturated carbocycles. The lowest BCUT2D eigenvalue weighted by Gasteiger charge is -2.08. The Morgan fingerprint density at radius 3 is 2.24 bits per heavy atom. The van der Waals surface area contributed by atoms with Gasteiger partial charge in [-0.25, -0.2) is 8.42 Å². The van der Waals surface area contributed by atoms with Gasteiger partial charge >= 0.3 is 0 Å². The molecule has 0 bridgehead atoms. The highest BCUT2D eigenvalue weighted by molar-refractivity contribution is 7.91. The van der Waals surface area contributed by atoms with Gasteiger partial charge in [-0.05, 0) is 42.8 Å². The van der Waals surface area contributed by atoms with Gasteiger partial charge in [0.25, 0.3) is 5.91 Å². The fraction of sp³-hybridized carbons (Fsp3) is 0.188. The molecule has 2 aromatic carbocycles. The predicted octanol–water partition coefficient (Wildman–Crippen LogP) is 3.04. The normalized spacial score (nSPS) is 11.1. The summed E-state index contributed by atoms with van der Waals surface area (Å²) in [6.07, 6.45) is 0. The Bertz CT molecular complexity index is 749. The van der Waals surface area contributed by atoms with Crippen LogP contribution in [0.3, 0.4) is 0 Å². The van der Waals surface area contributed by atoms with E-state index in [1.165, 1.54) is 12.1 Å². The van der Waals surface area contributed by atoms with Gasteiger partial charge in [0.15, 0.2) is 9.84 Å². The van der Waals surface area contributed by atoms with E-state index in [1.807, 2.05) is 19.1 Å². The van der Waals surface area contributed by atoms with Crippen molar-refractivity contribution < 1.29 is 13.2 Å². The molecule has 0 aromatic heterocycles. The van der Waals surface area contributed by atoms with Gasteiger partial charge in [-0.1, -0.05) is 25.1 Å². The molecule has 0 atom stereocenters. The summed E-state index contributed by atoms with van der Waals surface area (Å²) in [7, 11) is -3.22.